The van der Waals surface area contributed by atoms with E-state index in [1.54, 1.807) is 13.0 Å². The molecule has 3 rings (SSSR count). The van der Waals surface area contributed by atoms with Crippen LogP contribution in [0.4, 0.5) is 0 Å². The molecule has 1 aliphatic carbocycles. The van der Waals surface area contributed by atoms with Crippen LogP contribution in [0.2, 0.25) is 0 Å². The van der Waals surface area contributed by atoms with E-state index in [1.165, 1.54) is 7.11 Å². The Hall–Kier alpha value is -0.580. The van der Waals surface area contributed by atoms with Gasteiger partial charge in [-0.05, 0) is 5.57 Å². The Morgan fingerprint density at radius 1 is 1.26 bits per heavy atom. The van der Waals surface area contributed by atoms with Crippen molar-refractivity contribution < 1.29 is 34.6 Å². The Kier molecular flexibility index (Phi) is 5.05. The number of hydrogen-bond acceptors (Lipinski definition) is 8. The Morgan fingerprint density at radius 2 is 2.00 bits per heavy atom. The number of aliphatic hydroxyl groups is 4. The molecule has 2 heterocycles. The summed E-state index contributed by atoms with van der Waals surface area (Å²) in [7, 11) is 1.46. The monoisotopic (exact) mass is 331 g/mol. The van der Waals surface area contributed by atoms with Crippen LogP contribution in [-0.2, 0) is 14.2 Å². The predicted octanol–water partition coefficient (Wildman–Crippen LogP) is -2.27. The first kappa shape index (κ1) is 17.2. The van der Waals surface area contributed by atoms with Gasteiger partial charge >= 0.3 is 0 Å². The van der Waals surface area contributed by atoms with Crippen LogP contribution < -0.4 is 5.32 Å². The van der Waals surface area contributed by atoms with Crippen LogP contribution in [-0.4, -0.2) is 89.6 Å². The van der Waals surface area contributed by atoms with Crippen LogP contribution in [0.5, 0.6) is 0 Å². The van der Waals surface area contributed by atoms with Crippen molar-refractivity contribution in [1.82, 2.24) is 5.32 Å². The lowest BCUT2D eigenvalue weighted by atomic mass is 9.82. The lowest BCUT2D eigenvalue weighted by Gasteiger charge is -2.42. The Bertz CT molecular complexity index is 459. The van der Waals surface area contributed by atoms with E-state index in [0.717, 1.165) is 0 Å². The van der Waals surface area contributed by atoms with Crippen molar-refractivity contribution in [3.8, 4) is 0 Å². The van der Waals surface area contributed by atoms with Crippen molar-refractivity contribution in [2.24, 2.45) is 5.92 Å². The second kappa shape index (κ2) is 6.73. The van der Waals surface area contributed by atoms with Gasteiger partial charge in [-0.3, -0.25) is 0 Å². The van der Waals surface area contributed by atoms with E-state index in [0.29, 0.717) is 12.2 Å². The van der Waals surface area contributed by atoms with Gasteiger partial charge in [0.25, 0.3) is 0 Å². The van der Waals surface area contributed by atoms with Gasteiger partial charge < -0.3 is 40.0 Å². The van der Waals surface area contributed by atoms with Crippen LogP contribution in [0.3, 0.4) is 0 Å². The molecule has 0 aromatic rings. The molecule has 132 valence electrons. The average molecular weight is 331 g/mol. The molecule has 9 atom stereocenters. The second-order valence-electron chi connectivity index (χ2n) is 6.45. The second-order valence-corrected chi connectivity index (χ2v) is 6.45. The van der Waals surface area contributed by atoms with Gasteiger partial charge in [-0.2, -0.15) is 0 Å². The number of hydrogen-bond donors (Lipinski definition) is 5. The number of methoxy groups -OCH3 is 1. The topological polar surface area (TPSA) is 121 Å². The molecule has 8 unspecified atom stereocenters. The molecule has 2 bridgehead atoms. The van der Waals surface area contributed by atoms with Crippen LogP contribution >= 0.6 is 0 Å². The zero-order valence-corrected chi connectivity index (χ0v) is 13.2. The number of fused-ring (bicyclic) bond motifs is 2. The van der Waals surface area contributed by atoms with Crippen LogP contribution in [0.15, 0.2) is 11.6 Å². The summed E-state index contributed by atoms with van der Waals surface area (Å²) in [6.45, 7) is 1.90. The summed E-state index contributed by atoms with van der Waals surface area (Å²) in [5.74, 6) is -0.313. The van der Waals surface area contributed by atoms with Crippen LogP contribution in [0.1, 0.15) is 6.92 Å². The smallest absolute Gasteiger partial charge is 0.186 e. The van der Waals surface area contributed by atoms with E-state index < -0.39 is 36.7 Å². The SMILES string of the molecule is COC1OC2COC(C1O)C2NC1C=C(CO)[C@@H](C)C(O)C1O. The summed E-state index contributed by atoms with van der Waals surface area (Å²) in [5, 5.41) is 43.3. The number of aliphatic hydroxyl groups excluding tert-OH is 4. The first-order valence-electron chi connectivity index (χ1n) is 7.89. The third-order valence-corrected chi connectivity index (χ3v) is 5.14. The highest BCUT2D eigenvalue weighted by Gasteiger charge is 2.52. The maximum atomic E-state index is 10.3. The van der Waals surface area contributed by atoms with E-state index in [4.69, 9.17) is 14.2 Å². The van der Waals surface area contributed by atoms with E-state index in [2.05, 4.69) is 5.32 Å². The van der Waals surface area contributed by atoms with Gasteiger partial charge in [-0.15, -0.1) is 0 Å². The quantitative estimate of drug-likeness (QED) is 0.366. The van der Waals surface area contributed by atoms with E-state index >= 15 is 0 Å². The normalized spacial score (nSPS) is 50.0. The predicted molar refractivity (Wildman–Crippen MR) is 78.5 cm³/mol. The molecule has 0 aromatic carbocycles. The zero-order chi connectivity index (χ0) is 16.7. The third kappa shape index (κ3) is 2.94. The molecule has 2 saturated heterocycles. The van der Waals surface area contributed by atoms with Crippen molar-refractivity contribution in [2.75, 3.05) is 20.3 Å². The molecule has 0 amide bonds. The first-order chi connectivity index (χ1) is 11.0. The van der Waals surface area contributed by atoms with E-state index in [9.17, 15) is 20.4 Å². The summed E-state index contributed by atoms with van der Waals surface area (Å²) in [6, 6.07) is -0.900. The zero-order valence-electron chi connectivity index (χ0n) is 13.2. The fourth-order valence-corrected chi connectivity index (χ4v) is 3.64. The average Bonchev–Trinajstić information content (AvgIpc) is 2.86. The molecule has 23 heavy (non-hydrogen) atoms. The molecule has 8 heteroatoms. The standard InChI is InChI=1S/C15H25NO7/c1-6-7(4-17)3-8(12(19)11(6)18)16-10-9-5-22-14(10)13(20)15(21-2)23-9/h3,6,8-20H,4-5H2,1-2H3/t6-,8?,9?,10?,11?,12?,13?,14?,15?/m1/s1. The fraction of sp³-hybridized carbons (Fsp3) is 0.867. The third-order valence-electron chi connectivity index (χ3n) is 5.14. The number of ether oxygens (including phenoxy) is 3. The molecule has 0 radical (unpaired) electrons. The number of nitrogens with one attached hydrogen (secondary N) is 1. The molecule has 2 fully saturated rings. The minimum atomic E-state index is -1.02. The van der Waals surface area contributed by atoms with Gasteiger partial charge in [0.15, 0.2) is 6.29 Å². The van der Waals surface area contributed by atoms with E-state index in [1.807, 2.05) is 0 Å². The van der Waals surface area contributed by atoms with Gasteiger partial charge in [-0.1, -0.05) is 13.0 Å². The molecule has 2 aliphatic heterocycles. The molecule has 3 aliphatic rings. The molecule has 0 aromatic heterocycles. The molecule has 0 spiro atoms. The van der Waals surface area contributed by atoms with Crippen LogP contribution in [0.25, 0.3) is 0 Å². The highest BCUT2D eigenvalue weighted by molar-refractivity contribution is 5.20. The Morgan fingerprint density at radius 3 is 2.65 bits per heavy atom. The Balaban J connectivity index is 1.75. The minimum absolute atomic E-state index is 0.179. The van der Waals surface area contributed by atoms with Crippen molar-refractivity contribution >= 4 is 0 Å². The largest absolute Gasteiger partial charge is 0.392 e. The van der Waals surface area contributed by atoms with Crippen molar-refractivity contribution in [3.05, 3.63) is 11.6 Å². The van der Waals surface area contributed by atoms with E-state index in [-0.39, 0.29) is 24.7 Å². The van der Waals surface area contributed by atoms with Crippen LogP contribution in [0, 0.1) is 5.92 Å². The van der Waals surface area contributed by atoms with Gasteiger partial charge in [0, 0.05) is 13.0 Å². The van der Waals surface area contributed by atoms with Gasteiger partial charge in [-0.25, -0.2) is 0 Å². The molecule has 0 saturated carbocycles. The minimum Gasteiger partial charge on any atom is -0.392 e. The maximum Gasteiger partial charge on any atom is 0.186 e. The number of rotatable bonds is 4. The summed E-state index contributed by atoms with van der Waals surface area (Å²) >= 11 is 0. The summed E-state index contributed by atoms with van der Waals surface area (Å²) in [6.07, 6.45) is -2.78. The van der Waals surface area contributed by atoms with Gasteiger partial charge in [0.1, 0.15) is 18.3 Å². The summed E-state index contributed by atoms with van der Waals surface area (Å²) in [5.41, 5.74) is 0.667. The first-order valence-corrected chi connectivity index (χ1v) is 7.89. The highest BCUT2D eigenvalue weighted by Crippen LogP contribution is 2.32. The highest BCUT2D eigenvalue weighted by atomic mass is 16.7. The molecular weight excluding hydrogens is 306 g/mol. The molecule has 5 N–H and O–H groups in total. The van der Waals surface area contributed by atoms with Gasteiger partial charge in [0.2, 0.25) is 0 Å². The Labute approximate surface area is 134 Å². The molecule has 8 nitrogen and oxygen atoms in total. The van der Waals surface area contributed by atoms with Gasteiger partial charge in [0.05, 0.1) is 37.5 Å². The fourth-order valence-electron chi connectivity index (χ4n) is 3.64. The summed E-state index contributed by atoms with van der Waals surface area (Å²) in [4.78, 5) is 0. The maximum absolute atomic E-state index is 10.3. The van der Waals surface area contributed by atoms with Crippen molar-refractivity contribution in [1.29, 1.82) is 0 Å². The van der Waals surface area contributed by atoms with Crippen molar-refractivity contribution in [2.45, 2.75) is 55.8 Å². The van der Waals surface area contributed by atoms with Crippen molar-refractivity contribution in [3.63, 3.8) is 0 Å². The molecular formula is C15H25NO7. The summed E-state index contributed by atoms with van der Waals surface area (Å²) < 4.78 is 16.3. The lowest BCUT2D eigenvalue weighted by Crippen LogP contribution is -2.63. The lowest BCUT2D eigenvalue weighted by molar-refractivity contribution is -0.234.